The molecule has 0 atom stereocenters. The van der Waals surface area contributed by atoms with Gasteiger partial charge >= 0.3 is 5.97 Å². The number of nitrogens with one attached hydrogen (secondary N) is 1. The molecule has 1 fully saturated rings. The number of benzene rings is 1. The molecular formula is C15H19NO2. The summed E-state index contributed by atoms with van der Waals surface area (Å²) in [4.78, 5) is 11.6. The summed E-state index contributed by atoms with van der Waals surface area (Å²) >= 11 is 0. The molecule has 1 saturated carbocycles. The van der Waals surface area contributed by atoms with Crippen molar-refractivity contribution in [1.82, 2.24) is 0 Å². The van der Waals surface area contributed by atoms with E-state index < -0.39 is 0 Å². The van der Waals surface area contributed by atoms with Crippen molar-refractivity contribution in [3.63, 3.8) is 0 Å². The monoisotopic (exact) mass is 245 g/mol. The highest BCUT2D eigenvalue weighted by Crippen LogP contribution is 2.20. The molecule has 2 rings (SSSR count). The Morgan fingerprint density at radius 2 is 1.89 bits per heavy atom. The van der Waals surface area contributed by atoms with Gasteiger partial charge in [0.05, 0.1) is 0 Å². The summed E-state index contributed by atoms with van der Waals surface area (Å²) in [5.41, 5.74) is 0.958. The molecule has 1 aliphatic carbocycles. The third kappa shape index (κ3) is 4.24. The Bertz CT molecular complexity index is 394. The van der Waals surface area contributed by atoms with Gasteiger partial charge in [0, 0.05) is 18.0 Å². The largest absolute Gasteiger partial charge is 0.459 e. The lowest BCUT2D eigenvalue weighted by Gasteiger charge is -2.20. The van der Waals surface area contributed by atoms with Gasteiger partial charge in [0.25, 0.3) is 0 Å². The maximum absolute atomic E-state index is 11.6. The minimum absolute atomic E-state index is 0.118. The molecule has 1 N–H and O–H groups in total. The molecule has 0 heterocycles. The lowest BCUT2D eigenvalue weighted by Crippen LogP contribution is -2.19. The Kier molecular flexibility index (Phi) is 4.82. The molecule has 0 spiro atoms. The molecule has 96 valence electrons. The third-order valence-corrected chi connectivity index (χ3v) is 3.08. The highest BCUT2D eigenvalue weighted by molar-refractivity contribution is 5.82. The summed E-state index contributed by atoms with van der Waals surface area (Å²) in [6, 6.07) is 9.72. The first kappa shape index (κ1) is 12.7. The van der Waals surface area contributed by atoms with E-state index in [4.69, 9.17) is 4.74 Å². The molecule has 18 heavy (non-hydrogen) atoms. The van der Waals surface area contributed by atoms with Crippen LogP contribution in [0.5, 0.6) is 0 Å². The van der Waals surface area contributed by atoms with E-state index in [9.17, 15) is 4.79 Å². The normalized spacial score (nSPS) is 16.7. The lowest BCUT2D eigenvalue weighted by atomic mass is 9.98. The van der Waals surface area contributed by atoms with Gasteiger partial charge in [0.2, 0.25) is 0 Å². The number of carbonyl (C=O) groups excluding carboxylic acids is 1. The predicted molar refractivity (Wildman–Crippen MR) is 72.2 cm³/mol. The van der Waals surface area contributed by atoms with E-state index in [1.807, 2.05) is 30.3 Å². The van der Waals surface area contributed by atoms with Crippen molar-refractivity contribution in [2.75, 3.05) is 5.32 Å². The number of ether oxygens (including phenoxy) is 1. The second-order valence-corrected chi connectivity index (χ2v) is 4.54. The van der Waals surface area contributed by atoms with Crippen molar-refractivity contribution in [3.8, 4) is 0 Å². The van der Waals surface area contributed by atoms with Crippen LogP contribution in [0.1, 0.15) is 32.1 Å². The molecular weight excluding hydrogens is 226 g/mol. The van der Waals surface area contributed by atoms with Crippen molar-refractivity contribution in [2.45, 2.75) is 38.2 Å². The zero-order chi connectivity index (χ0) is 12.6. The van der Waals surface area contributed by atoms with Crippen molar-refractivity contribution in [3.05, 3.63) is 42.6 Å². The highest BCUT2D eigenvalue weighted by atomic mass is 16.5. The summed E-state index contributed by atoms with van der Waals surface area (Å²) < 4.78 is 5.36. The van der Waals surface area contributed by atoms with Crippen LogP contribution in [0.25, 0.3) is 0 Å². The fourth-order valence-corrected chi connectivity index (χ4v) is 2.13. The van der Waals surface area contributed by atoms with E-state index >= 15 is 0 Å². The fraction of sp³-hybridized carbons (Fsp3) is 0.400. The van der Waals surface area contributed by atoms with Gasteiger partial charge in [-0.15, -0.1) is 0 Å². The SMILES string of the molecule is O=C(/C=C\Nc1ccccc1)OC1CCCCC1. The standard InChI is InChI=1S/C15H19NO2/c17-15(18-14-9-5-2-6-10-14)11-12-16-13-7-3-1-4-8-13/h1,3-4,7-8,11-12,14,16H,2,5-6,9-10H2/b12-11-. The van der Waals surface area contributed by atoms with Gasteiger partial charge in [-0.2, -0.15) is 0 Å². The number of rotatable bonds is 4. The number of hydrogen-bond donors (Lipinski definition) is 1. The molecule has 3 heteroatoms. The van der Waals surface area contributed by atoms with Crippen molar-refractivity contribution >= 4 is 11.7 Å². The molecule has 1 aromatic rings. The maximum atomic E-state index is 11.6. The first-order valence-corrected chi connectivity index (χ1v) is 6.53. The Morgan fingerprint density at radius 1 is 1.17 bits per heavy atom. The van der Waals surface area contributed by atoms with E-state index in [1.54, 1.807) is 6.20 Å². The summed E-state index contributed by atoms with van der Waals surface area (Å²) in [5.74, 6) is -0.259. The fourth-order valence-electron chi connectivity index (χ4n) is 2.13. The molecule has 0 aromatic heterocycles. The first-order valence-electron chi connectivity index (χ1n) is 6.53. The Morgan fingerprint density at radius 3 is 2.61 bits per heavy atom. The number of para-hydroxylation sites is 1. The number of anilines is 1. The Balaban J connectivity index is 1.73. The summed E-state index contributed by atoms with van der Waals surface area (Å²) in [6.45, 7) is 0. The molecule has 1 aromatic carbocycles. The van der Waals surface area contributed by atoms with Gasteiger partial charge in [0.1, 0.15) is 6.10 Å². The number of carbonyl (C=O) groups is 1. The first-order chi connectivity index (χ1) is 8.84. The summed E-state index contributed by atoms with van der Waals surface area (Å²) in [7, 11) is 0. The average molecular weight is 245 g/mol. The zero-order valence-corrected chi connectivity index (χ0v) is 10.5. The van der Waals surface area contributed by atoms with Crippen LogP contribution >= 0.6 is 0 Å². The van der Waals surface area contributed by atoms with Crippen LogP contribution in [-0.2, 0) is 9.53 Å². The van der Waals surface area contributed by atoms with Crippen LogP contribution in [0.15, 0.2) is 42.6 Å². The van der Waals surface area contributed by atoms with E-state index in [0.29, 0.717) is 0 Å². The number of hydrogen-bond acceptors (Lipinski definition) is 3. The topological polar surface area (TPSA) is 38.3 Å². The number of esters is 1. The van der Waals surface area contributed by atoms with Crippen LogP contribution in [0, 0.1) is 0 Å². The molecule has 0 aliphatic heterocycles. The van der Waals surface area contributed by atoms with Crippen LogP contribution < -0.4 is 5.32 Å². The van der Waals surface area contributed by atoms with E-state index in [2.05, 4.69) is 5.32 Å². The average Bonchev–Trinajstić information content (AvgIpc) is 2.41. The van der Waals surface area contributed by atoms with Crippen LogP contribution in [0.4, 0.5) is 5.69 Å². The van der Waals surface area contributed by atoms with E-state index in [-0.39, 0.29) is 12.1 Å². The van der Waals surface area contributed by atoms with Gasteiger partial charge in [-0.05, 0) is 37.8 Å². The van der Waals surface area contributed by atoms with Gasteiger partial charge in [-0.3, -0.25) is 0 Å². The minimum atomic E-state index is -0.259. The summed E-state index contributed by atoms with van der Waals surface area (Å²) in [5, 5.41) is 3.03. The molecule has 1 aliphatic rings. The molecule has 0 unspecified atom stereocenters. The van der Waals surface area contributed by atoms with Crippen LogP contribution in [0.3, 0.4) is 0 Å². The smallest absolute Gasteiger partial charge is 0.332 e. The van der Waals surface area contributed by atoms with Crippen molar-refractivity contribution in [2.24, 2.45) is 0 Å². The maximum Gasteiger partial charge on any atom is 0.332 e. The van der Waals surface area contributed by atoms with E-state index in [1.165, 1.54) is 25.3 Å². The van der Waals surface area contributed by atoms with Crippen molar-refractivity contribution < 1.29 is 9.53 Å². The predicted octanol–water partition coefficient (Wildman–Crippen LogP) is 3.49. The highest BCUT2D eigenvalue weighted by Gasteiger charge is 2.15. The zero-order valence-electron chi connectivity index (χ0n) is 10.5. The minimum Gasteiger partial charge on any atom is -0.459 e. The van der Waals surface area contributed by atoms with Gasteiger partial charge < -0.3 is 10.1 Å². The lowest BCUT2D eigenvalue weighted by molar-refractivity contribution is -0.144. The molecule has 3 nitrogen and oxygen atoms in total. The van der Waals surface area contributed by atoms with Crippen LogP contribution in [-0.4, -0.2) is 12.1 Å². The molecule has 0 amide bonds. The second kappa shape index (κ2) is 6.84. The molecule has 0 radical (unpaired) electrons. The Labute approximate surface area is 108 Å². The van der Waals surface area contributed by atoms with Gasteiger partial charge in [-0.1, -0.05) is 24.6 Å². The quantitative estimate of drug-likeness (QED) is 0.652. The van der Waals surface area contributed by atoms with Crippen LogP contribution in [0.2, 0.25) is 0 Å². The molecule has 0 saturated heterocycles. The Hall–Kier alpha value is -1.77. The van der Waals surface area contributed by atoms with Gasteiger partial charge in [-0.25, -0.2) is 4.79 Å². The van der Waals surface area contributed by atoms with E-state index in [0.717, 1.165) is 18.5 Å². The summed E-state index contributed by atoms with van der Waals surface area (Å²) in [6.07, 6.45) is 8.81. The molecule has 0 bridgehead atoms. The third-order valence-electron chi connectivity index (χ3n) is 3.08. The van der Waals surface area contributed by atoms with Gasteiger partial charge in [0.15, 0.2) is 0 Å². The van der Waals surface area contributed by atoms with Crippen molar-refractivity contribution in [1.29, 1.82) is 0 Å². The second-order valence-electron chi connectivity index (χ2n) is 4.54.